The normalized spacial score (nSPS) is 38.0. The van der Waals surface area contributed by atoms with Crippen molar-refractivity contribution in [3.8, 4) is 0 Å². The average molecular weight is 347 g/mol. The molecule has 5 unspecified atom stereocenters. The van der Waals surface area contributed by atoms with Crippen LogP contribution in [0.2, 0.25) is 0 Å². The number of carbonyl (C=O) groups is 1. The molecular weight excluding hydrogens is 312 g/mol. The molecule has 0 saturated heterocycles. The van der Waals surface area contributed by atoms with Crippen molar-refractivity contribution in [1.82, 2.24) is 0 Å². The van der Waals surface area contributed by atoms with E-state index >= 15 is 0 Å². The zero-order chi connectivity index (χ0) is 19.0. The maximum absolute atomic E-state index is 11.6. The van der Waals surface area contributed by atoms with Crippen LogP contribution in [0.15, 0.2) is 36.5 Å². The first-order valence-electron chi connectivity index (χ1n) is 9.36. The van der Waals surface area contributed by atoms with Gasteiger partial charge in [0.1, 0.15) is 6.10 Å². The van der Waals surface area contributed by atoms with Crippen LogP contribution in [0.25, 0.3) is 0 Å². The maximum atomic E-state index is 11.6. The van der Waals surface area contributed by atoms with E-state index in [1.165, 1.54) is 18.1 Å². The summed E-state index contributed by atoms with van der Waals surface area (Å²) in [7, 11) is 0. The second-order valence-electron chi connectivity index (χ2n) is 8.81. The molecule has 0 aromatic rings. The molecule has 25 heavy (non-hydrogen) atoms. The van der Waals surface area contributed by atoms with E-state index in [0.717, 1.165) is 19.3 Å². The van der Waals surface area contributed by atoms with Crippen LogP contribution in [0.5, 0.6) is 0 Å². The number of aliphatic hydroxyl groups is 1. The third-order valence-corrected chi connectivity index (χ3v) is 6.81. The molecule has 0 spiro atoms. The molecule has 2 saturated carbocycles. The van der Waals surface area contributed by atoms with Crippen LogP contribution in [0, 0.1) is 22.7 Å². The van der Waals surface area contributed by atoms with Gasteiger partial charge in [0.05, 0.1) is 6.10 Å². The highest BCUT2D eigenvalue weighted by molar-refractivity contribution is 5.66. The Morgan fingerprint density at radius 1 is 1.36 bits per heavy atom. The number of hydrogen-bond donors (Lipinski definition) is 1. The Morgan fingerprint density at radius 2 is 2.00 bits per heavy atom. The molecule has 2 rings (SSSR count). The van der Waals surface area contributed by atoms with E-state index in [9.17, 15) is 9.90 Å². The Kier molecular flexibility index (Phi) is 5.68. The predicted octanol–water partition coefficient (Wildman–Crippen LogP) is 4.82. The molecule has 3 heteroatoms. The van der Waals surface area contributed by atoms with Crippen LogP contribution in [-0.4, -0.2) is 23.3 Å². The molecule has 3 nitrogen and oxygen atoms in total. The van der Waals surface area contributed by atoms with E-state index in [2.05, 4.69) is 46.9 Å². The monoisotopic (exact) mass is 346 g/mol. The Bertz CT molecular complexity index is 586. The minimum absolute atomic E-state index is 0.0455. The van der Waals surface area contributed by atoms with Gasteiger partial charge in [0.2, 0.25) is 0 Å². The zero-order valence-electron chi connectivity index (χ0n) is 16.5. The van der Waals surface area contributed by atoms with Crippen LogP contribution < -0.4 is 0 Å². The third kappa shape index (κ3) is 3.62. The number of aliphatic hydroxyl groups excluding tert-OH is 1. The van der Waals surface area contributed by atoms with Crippen molar-refractivity contribution in [2.45, 2.75) is 72.5 Å². The number of esters is 1. The van der Waals surface area contributed by atoms with E-state index in [1.807, 2.05) is 6.08 Å². The lowest BCUT2D eigenvalue weighted by Gasteiger charge is -2.61. The minimum atomic E-state index is -0.632. The lowest BCUT2D eigenvalue weighted by molar-refractivity contribution is -0.199. The zero-order valence-corrected chi connectivity index (χ0v) is 16.5. The van der Waals surface area contributed by atoms with Crippen molar-refractivity contribution in [2.24, 2.45) is 22.7 Å². The molecule has 140 valence electrons. The second-order valence-corrected chi connectivity index (χ2v) is 8.81. The first-order valence-corrected chi connectivity index (χ1v) is 9.36. The minimum Gasteiger partial charge on any atom is -0.460 e. The molecular formula is C22H34O3. The summed E-state index contributed by atoms with van der Waals surface area (Å²) in [6.45, 7) is 18.2. The molecule has 0 bridgehead atoms. The topological polar surface area (TPSA) is 46.5 Å². The van der Waals surface area contributed by atoms with Crippen molar-refractivity contribution in [2.75, 3.05) is 0 Å². The highest BCUT2D eigenvalue weighted by atomic mass is 16.6. The summed E-state index contributed by atoms with van der Waals surface area (Å²) in [5, 5.41) is 10.9. The van der Waals surface area contributed by atoms with Crippen molar-refractivity contribution < 1.29 is 14.6 Å². The molecule has 2 aliphatic carbocycles. The smallest absolute Gasteiger partial charge is 0.302 e. The van der Waals surface area contributed by atoms with Gasteiger partial charge >= 0.3 is 5.97 Å². The molecule has 2 aliphatic rings. The lowest BCUT2D eigenvalue weighted by atomic mass is 9.46. The molecule has 2 fully saturated rings. The van der Waals surface area contributed by atoms with Gasteiger partial charge in [-0.2, -0.15) is 0 Å². The number of rotatable bonds is 4. The molecule has 0 heterocycles. The van der Waals surface area contributed by atoms with E-state index in [4.69, 9.17) is 4.74 Å². The largest absolute Gasteiger partial charge is 0.460 e. The van der Waals surface area contributed by atoms with Crippen LogP contribution in [0.1, 0.15) is 60.3 Å². The highest BCUT2D eigenvalue weighted by Gasteiger charge is 2.59. The van der Waals surface area contributed by atoms with Gasteiger partial charge in [-0.05, 0) is 55.3 Å². The first kappa shape index (κ1) is 20.0. The number of fused-ring (bicyclic) bond motifs is 1. The Morgan fingerprint density at radius 3 is 2.56 bits per heavy atom. The Hall–Kier alpha value is -1.35. The van der Waals surface area contributed by atoms with Gasteiger partial charge in [-0.25, -0.2) is 0 Å². The summed E-state index contributed by atoms with van der Waals surface area (Å²) >= 11 is 0. The first-order chi connectivity index (χ1) is 11.5. The van der Waals surface area contributed by atoms with Crippen molar-refractivity contribution in [3.63, 3.8) is 0 Å². The van der Waals surface area contributed by atoms with Gasteiger partial charge < -0.3 is 9.84 Å². The van der Waals surface area contributed by atoms with Gasteiger partial charge in [0.15, 0.2) is 0 Å². The molecule has 0 aliphatic heterocycles. The van der Waals surface area contributed by atoms with E-state index in [1.54, 1.807) is 0 Å². The summed E-state index contributed by atoms with van der Waals surface area (Å²) in [6, 6.07) is 0. The number of ether oxygens (including phenoxy) is 1. The van der Waals surface area contributed by atoms with Crippen molar-refractivity contribution >= 4 is 5.97 Å². The third-order valence-electron chi connectivity index (χ3n) is 6.81. The fourth-order valence-electron chi connectivity index (χ4n) is 5.42. The molecule has 5 atom stereocenters. The summed E-state index contributed by atoms with van der Waals surface area (Å²) < 4.78 is 5.53. The SMILES string of the molecule is C=CC(C)=CCC1C(=C)CCC2C(C)(C)C(O)C(OC(C)=O)CC12C. The number of carbonyl (C=O) groups excluding carboxylic acids is 1. The lowest BCUT2D eigenvalue weighted by Crippen LogP contribution is -2.60. The molecule has 0 aromatic carbocycles. The van der Waals surface area contributed by atoms with E-state index in [0.29, 0.717) is 18.3 Å². The van der Waals surface area contributed by atoms with Crippen LogP contribution in [0.4, 0.5) is 0 Å². The molecule has 0 aromatic heterocycles. The predicted molar refractivity (Wildman–Crippen MR) is 102 cm³/mol. The van der Waals surface area contributed by atoms with E-state index < -0.39 is 12.2 Å². The van der Waals surface area contributed by atoms with Crippen molar-refractivity contribution in [3.05, 3.63) is 36.5 Å². The number of hydrogen-bond acceptors (Lipinski definition) is 3. The summed E-state index contributed by atoms with van der Waals surface area (Å²) in [5.74, 6) is 0.371. The Labute approximate surface area is 152 Å². The molecule has 1 N–H and O–H groups in total. The summed E-state index contributed by atoms with van der Waals surface area (Å²) in [6.07, 6.45) is 6.66. The van der Waals surface area contributed by atoms with Gasteiger partial charge in [0.25, 0.3) is 0 Å². The summed E-state index contributed by atoms with van der Waals surface area (Å²) in [4.78, 5) is 11.6. The highest BCUT2D eigenvalue weighted by Crippen LogP contribution is 2.62. The molecule has 0 amide bonds. The number of allylic oxidation sites excluding steroid dienone is 4. The van der Waals surface area contributed by atoms with Gasteiger partial charge in [0, 0.05) is 6.92 Å². The average Bonchev–Trinajstić information content (AvgIpc) is 2.50. The van der Waals surface area contributed by atoms with Gasteiger partial charge in [-0.1, -0.05) is 57.2 Å². The van der Waals surface area contributed by atoms with Gasteiger partial charge in [-0.3, -0.25) is 4.79 Å². The second kappa shape index (κ2) is 7.11. The summed E-state index contributed by atoms with van der Waals surface area (Å²) in [5.41, 5.74) is 2.10. The maximum Gasteiger partial charge on any atom is 0.302 e. The quantitative estimate of drug-likeness (QED) is 0.451. The van der Waals surface area contributed by atoms with Gasteiger partial charge in [-0.15, -0.1) is 0 Å². The fourth-order valence-corrected chi connectivity index (χ4v) is 5.42. The van der Waals surface area contributed by atoms with E-state index in [-0.39, 0.29) is 16.8 Å². The fraction of sp³-hybridized carbons (Fsp3) is 0.682. The van der Waals surface area contributed by atoms with Crippen LogP contribution >= 0.6 is 0 Å². The van der Waals surface area contributed by atoms with Crippen LogP contribution in [-0.2, 0) is 9.53 Å². The Balaban J connectivity index is 2.41. The van der Waals surface area contributed by atoms with Crippen molar-refractivity contribution in [1.29, 1.82) is 0 Å². The standard InChI is InChI=1S/C22H34O3/c1-8-14(2)9-11-17-15(3)10-12-19-21(5,6)20(24)18(25-16(4)23)13-22(17,19)7/h8-9,17-20,24H,1,3,10-13H2,2,4-7H3. The molecule has 0 radical (unpaired) electrons. The van der Waals surface area contributed by atoms with Crippen LogP contribution in [0.3, 0.4) is 0 Å².